The molecule has 1 fully saturated rings. The van der Waals surface area contributed by atoms with Crippen LogP contribution in [-0.4, -0.2) is 40.9 Å². The van der Waals surface area contributed by atoms with Crippen LogP contribution in [-0.2, 0) is 4.79 Å². The first kappa shape index (κ1) is 16.4. The van der Waals surface area contributed by atoms with Crippen LogP contribution in [0.1, 0.15) is 29.6 Å². The Hall–Kier alpha value is -2.46. The summed E-state index contributed by atoms with van der Waals surface area (Å²) in [6, 6.07) is 17.2. The maximum atomic E-state index is 12.4. The largest absolute Gasteiger partial charge is 0.480 e. The highest BCUT2D eigenvalue weighted by molar-refractivity contribution is 5.96. The van der Waals surface area contributed by atoms with Crippen LogP contribution in [0.5, 0.6) is 0 Å². The van der Waals surface area contributed by atoms with Crippen LogP contribution in [0.3, 0.4) is 0 Å². The fourth-order valence-corrected chi connectivity index (χ4v) is 3.24. The van der Waals surface area contributed by atoms with E-state index in [1.165, 1.54) is 0 Å². The number of ketones is 1. The molecule has 0 radical (unpaired) electrons. The van der Waals surface area contributed by atoms with Gasteiger partial charge in [0, 0.05) is 18.5 Å². The van der Waals surface area contributed by atoms with E-state index < -0.39 is 12.0 Å². The Morgan fingerprint density at radius 3 is 2.33 bits per heavy atom. The lowest BCUT2D eigenvalue weighted by atomic mass is 10.0. The van der Waals surface area contributed by atoms with Crippen molar-refractivity contribution in [2.75, 3.05) is 13.1 Å². The van der Waals surface area contributed by atoms with Crippen LogP contribution in [0.4, 0.5) is 0 Å². The summed E-state index contributed by atoms with van der Waals surface area (Å²) < 4.78 is 0. The number of benzene rings is 2. The van der Waals surface area contributed by atoms with Crippen molar-refractivity contribution in [1.29, 1.82) is 0 Å². The number of carboxylic acids is 1. The highest BCUT2D eigenvalue weighted by Crippen LogP contribution is 2.21. The highest BCUT2D eigenvalue weighted by atomic mass is 16.4. The lowest BCUT2D eigenvalue weighted by Gasteiger charge is -2.20. The van der Waals surface area contributed by atoms with Gasteiger partial charge in [-0.2, -0.15) is 0 Å². The van der Waals surface area contributed by atoms with E-state index in [9.17, 15) is 14.7 Å². The van der Waals surface area contributed by atoms with Gasteiger partial charge in [-0.1, -0.05) is 54.6 Å². The molecule has 2 aromatic carbocycles. The molecule has 1 heterocycles. The molecule has 1 atom stereocenters. The third kappa shape index (κ3) is 3.71. The van der Waals surface area contributed by atoms with Crippen LogP contribution in [0.25, 0.3) is 11.1 Å². The molecule has 0 amide bonds. The molecule has 0 bridgehead atoms. The van der Waals surface area contributed by atoms with Gasteiger partial charge in [0.2, 0.25) is 0 Å². The summed E-state index contributed by atoms with van der Waals surface area (Å²) in [4.78, 5) is 25.4. The molecule has 0 saturated carbocycles. The first-order chi connectivity index (χ1) is 11.6. The van der Waals surface area contributed by atoms with Gasteiger partial charge in [-0.25, -0.2) is 0 Å². The second-order valence-electron chi connectivity index (χ2n) is 6.15. The SMILES string of the molecule is O=C(CCN1CCCC1C(=O)O)c1ccc(-c2ccccc2)cc1. The van der Waals surface area contributed by atoms with Gasteiger partial charge >= 0.3 is 5.97 Å². The van der Waals surface area contributed by atoms with E-state index in [1.807, 2.05) is 59.5 Å². The summed E-state index contributed by atoms with van der Waals surface area (Å²) in [6.07, 6.45) is 1.92. The Morgan fingerprint density at radius 2 is 1.67 bits per heavy atom. The van der Waals surface area contributed by atoms with Gasteiger partial charge in [0.25, 0.3) is 0 Å². The highest BCUT2D eigenvalue weighted by Gasteiger charge is 2.30. The molecule has 1 aliphatic heterocycles. The van der Waals surface area contributed by atoms with Gasteiger partial charge < -0.3 is 5.11 Å². The molecule has 0 spiro atoms. The summed E-state index contributed by atoms with van der Waals surface area (Å²) in [5, 5.41) is 9.18. The standard InChI is InChI=1S/C20H21NO3/c22-19(12-14-21-13-4-7-18(21)20(23)24)17-10-8-16(9-11-17)15-5-2-1-3-6-15/h1-3,5-6,8-11,18H,4,7,12-14H2,(H,23,24). The van der Waals surface area contributed by atoms with E-state index in [0.29, 0.717) is 24.9 Å². The number of rotatable bonds is 6. The van der Waals surface area contributed by atoms with E-state index in [1.54, 1.807) is 0 Å². The van der Waals surface area contributed by atoms with Crippen LogP contribution in [0.2, 0.25) is 0 Å². The summed E-state index contributed by atoms with van der Waals surface area (Å²) >= 11 is 0. The number of hydrogen-bond donors (Lipinski definition) is 1. The topological polar surface area (TPSA) is 57.6 Å². The van der Waals surface area contributed by atoms with Crippen molar-refractivity contribution in [2.45, 2.75) is 25.3 Å². The zero-order valence-corrected chi connectivity index (χ0v) is 13.5. The third-order valence-corrected chi connectivity index (χ3v) is 4.59. The molecule has 124 valence electrons. The number of carbonyl (C=O) groups excluding carboxylic acids is 1. The van der Waals surface area contributed by atoms with Gasteiger partial charge in [-0.05, 0) is 30.5 Å². The minimum absolute atomic E-state index is 0.0608. The zero-order valence-electron chi connectivity index (χ0n) is 13.5. The molecule has 0 aliphatic carbocycles. The lowest BCUT2D eigenvalue weighted by Crippen LogP contribution is -2.37. The van der Waals surface area contributed by atoms with Crippen molar-refractivity contribution in [3.05, 3.63) is 60.2 Å². The summed E-state index contributed by atoms with van der Waals surface area (Å²) in [5.41, 5.74) is 2.89. The molecule has 3 rings (SSSR count). The van der Waals surface area contributed by atoms with Crippen molar-refractivity contribution < 1.29 is 14.7 Å². The number of carbonyl (C=O) groups is 2. The lowest BCUT2D eigenvalue weighted by molar-refractivity contribution is -0.142. The Kier molecular flexibility index (Phi) is 5.06. The molecule has 1 aliphatic rings. The summed E-state index contributed by atoms with van der Waals surface area (Å²) in [6.45, 7) is 1.27. The fourth-order valence-electron chi connectivity index (χ4n) is 3.24. The van der Waals surface area contributed by atoms with Gasteiger partial charge in [0.05, 0.1) is 0 Å². The Morgan fingerprint density at radius 1 is 1.00 bits per heavy atom. The summed E-state index contributed by atoms with van der Waals surface area (Å²) in [5.74, 6) is -0.724. The average molecular weight is 323 g/mol. The third-order valence-electron chi connectivity index (χ3n) is 4.59. The predicted octanol–water partition coefficient (Wildman–Crippen LogP) is 3.48. The zero-order chi connectivity index (χ0) is 16.9. The average Bonchev–Trinajstić information content (AvgIpc) is 3.09. The van der Waals surface area contributed by atoms with Gasteiger partial charge in [0.1, 0.15) is 6.04 Å². The molecule has 2 aromatic rings. The second-order valence-corrected chi connectivity index (χ2v) is 6.15. The minimum Gasteiger partial charge on any atom is -0.480 e. The molecular weight excluding hydrogens is 302 g/mol. The molecule has 24 heavy (non-hydrogen) atoms. The number of aliphatic carboxylic acids is 1. The van der Waals surface area contributed by atoms with Gasteiger partial charge in [-0.15, -0.1) is 0 Å². The quantitative estimate of drug-likeness (QED) is 0.827. The van der Waals surface area contributed by atoms with E-state index in [-0.39, 0.29) is 5.78 Å². The monoisotopic (exact) mass is 323 g/mol. The summed E-state index contributed by atoms with van der Waals surface area (Å²) in [7, 11) is 0. The van der Waals surface area contributed by atoms with Crippen LogP contribution < -0.4 is 0 Å². The Bertz CT molecular complexity index is 709. The van der Waals surface area contributed by atoms with Crippen LogP contribution >= 0.6 is 0 Å². The Balaban J connectivity index is 1.60. The van der Waals surface area contributed by atoms with Crippen molar-refractivity contribution >= 4 is 11.8 Å². The predicted molar refractivity (Wildman–Crippen MR) is 93.1 cm³/mol. The van der Waals surface area contributed by atoms with Crippen molar-refractivity contribution in [3.8, 4) is 11.1 Å². The molecule has 1 saturated heterocycles. The number of Topliss-reactive ketones (excluding diaryl/α,β-unsaturated/α-hetero) is 1. The number of likely N-dealkylation sites (tertiary alicyclic amines) is 1. The van der Waals surface area contributed by atoms with Crippen molar-refractivity contribution in [1.82, 2.24) is 4.90 Å². The molecular formula is C20H21NO3. The smallest absolute Gasteiger partial charge is 0.320 e. The van der Waals surface area contributed by atoms with E-state index >= 15 is 0 Å². The molecule has 1 N–H and O–H groups in total. The second kappa shape index (κ2) is 7.41. The fraction of sp³-hybridized carbons (Fsp3) is 0.300. The van der Waals surface area contributed by atoms with Crippen molar-refractivity contribution in [3.63, 3.8) is 0 Å². The normalized spacial score (nSPS) is 17.8. The van der Waals surface area contributed by atoms with Crippen molar-refractivity contribution in [2.24, 2.45) is 0 Å². The maximum Gasteiger partial charge on any atom is 0.320 e. The van der Waals surface area contributed by atoms with Gasteiger partial charge in [-0.3, -0.25) is 14.5 Å². The molecule has 4 heteroatoms. The van der Waals surface area contributed by atoms with Crippen LogP contribution in [0.15, 0.2) is 54.6 Å². The van der Waals surface area contributed by atoms with E-state index in [0.717, 1.165) is 24.1 Å². The minimum atomic E-state index is -0.785. The number of hydrogen-bond acceptors (Lipinski definition) is 3. The molecule has 4 nitrogen and oxygen atoms in total. The number of nitrogens with zero attached hydrogens (tertiary/aromatic N) is 1. The Labute approximate surface area is 141 Å². The van der Waals surface area contributed by atoms with Crippen LogP contribution in [0, 0.1) is 0 Å². The first-order valence-electron chi connectivity index (χ1n) is 8.31. The molecule has 1 unspecified atom stereocenters. The van der Waals surface area contributed by atoms with E-state index in [4.69, 9.17) is 0 Å². The van der Waals surface area contributed by atoms with Gasteiger partial charge in [0.15, 0.2) is 5.78 Å². The maximum absolute atomic E-state index is 12.4. The van der Waals surface area contributed by atoms with E-state index in [2.05, 4.69) is 0 Å². The first-order valence-corrected chi connectivity index (χ1v) is 8.31. The molecule has 0 aromatic heterocycles. The number of carboxylic acid groups (broad SMARTS) is 1.